The summed E-state index contributed by atoms with van der Waals surface area (Å²) in [7, 11) is -3.27. The number of benzene rings is 3. The third-order valence-electron chi connectivity index (χ3n) is 16.0. The highest BCUT2D eigenvalue weighted by atomic mass is 35.5. The number of thiophene rings is 1. The molecule has 4 bridgehead atoms. The van der Waals surface area contributed by atoms with E-state index in [0.29, 0.717) is 52.4 Å². The van der Waals surface area contributed by atoms with E-state index in [-0.39, 0.29) is 85.1 Å². The monoisotopic (exact) mass is 1580 g/mol. The number of hydrogen-bond donors (Lipinski definition) is 0. The summed E-state index contributed by atoms with van der Waals surface area (Å²) < 4.78 is 36.0. The lowest BCUT2D eigenvalue weighted by molar-refractivity contribution is -0.152. The van der Waals surface area contributed by atoms with Crippen LogP contribution in [0.1, 0.15) is 286 Å². The van der Waals surface area contributed by atoms with Crippen molar-refractivity contribution in [1.29, 1.82) is 0 Å². The number of rotatable bonds is 13. The molecule has 0 saturated heterocycles. The Morgan fingerprint density at radius 1 is 0.583 bits per heavy atom. The maximum atomic E-state index is 11.3. The van der Waals surface area contributed by atoms with Gasteiger partial charge in [-0.25, -0.2) is 8.42 Å². The molecule has 10 rings (SSSR count). The van der Waals surface area contributed by atoms with E-state index in [9.17, 15) is 66.0 Å². The Hall–Kier alpha value is -7.19. The van der Waals surface area contributed by atoms with Crippen LogP contribution in [0.3, 0.4) is 0 Å². The SMILES string of the molecule is CC(=O)C(C)(C)C.CC(=O)C(C)C.CC(=O)C1CCCCC1.CC(=O)CC(C)C.CC(=O)CC12CC3CC(CC(C3)C1)C2.CC(=O)Cc1ccccc1.CC(=O)OC(C)(C)C.CC(=O)c1ccccc1.CC(=O)c1ccoc1.CC(=O)c1ccsc1.CC(C)=O.CCOC(C)=O.CS(=O)(=O)c1cc(Cl)ccc1Cl. The molecule has 108 heavy (non-hydrogen) atoms. The van der Waals surface area contributed by atoms with Crippen molar-refractivity contribution in [3.63, 3.8) is 0 Å². The topological polar surface area (TPSA) is 271 Å². The molecule has 2 heterocycles. The Kier molecular flexibility index (Phi) is 57.4. The van der Waals surface area contributed by atoms with Gasteiger partial charge in [0.05, 0.1) is 28.4 Å². The molecule has 5 fully saturated rings. The third kappa shape index (κ3) is 61.7. The van der Waals surface area contributed by atoms with Crippen LogP contribution in [0.5, 0.6) is 0 Å². The van der Waals surface area contributed by atoms with Crippen LogP contribution in [0.25, 0.3) is 0 Å². The molecule has 0 atom stereocenters. The van der Waals surface area contributed by atoms with Crippen molar-refractivity contribution in [1.82, 2.24) is 0 Å². The first-order chi connectivity index (χ1) is 49.7. The van der Waals surface area contributed by atoms with E-state index in [1.54, 1.807) is 85.8 Å². The highest BCUT2D eigenvalue weighted by molar-refractivity contribution is 7.90. The maximum absolute atomic E-state index is 11.3. The first-order valence-electron chi connectivity index (χ1n) is 36.8. The summed E-state index contributed by atoms with van der Waals surface area (Å²) in [6.07, 6.45) is 20.9. The quantitative estimate of drug-likeness (QED) is 0.0782. The first kappa shape index (κ1) is 107. The van der Waals surface area contributed by atoms with Gasteiger partial charge in [-0.05, 0) is 226 Å². The van der Waals surface area contributed by atoms with Gasteiger partial charge in [-0.1, -0.05) is 152 Å². The highest BCUT2D eigenvalue weighted by Gasteiger charge is 2.51. The largest absolute Gasteiger partial charge is 0.472 e. The zero-order valence-electron chi connectivity index (χ0n) is 69.6. The van der Waals surface area contributed by atoms with Gasteiger partial charge >= 0.3 is 11.9 Å². The zero-order valence-corrected chi connectivity index (χ0v) is 72.7. The zero-order chi connectivity index (χ0) is 84.3. The van der Waals surface area contributed by atoms with Crippen LogP contribution in [0, 0.1) is 46.3 Å². The van der Waals surface area contributed by atoms with Crippen molar-refractivity contribution < 1.29 is 79.8 Å². The summed E-state index contributed by atoms with van der Waals surface area (Å²) in [5.41, 5.74) is 3.32. The van der Waals surface area contributed by atoms with Crippen LogP contribution in [-0.4, -0.2) is 96.7 Å². The van der Waals surface area contributed by atoms with Gasteiger partial charge in [-0.2, -0.15) is 11.3 Å². The third-order valence-corrected chi connectivity index (χ3v) is 18.5. The van der Waals surface area contributed by atoms with Crippen molar-refractivity contribution in [3.8, 4) is 0 Å². The molecule has 0 N–H and O–H groups in total. The fourth-order valence-corrected chi connectivity index (χ4v) is 13.2. The first-order valence-corrected chi connectivity index (χ1v) is 40.4. The molecule has 21 heteroatoms. The molecule has 5 aliphatic carbocycles. The number of esters is 2. The van der Waals surface area contributed by atoms with E-state index < -0.39 is 9.84 Å². The molecule has 17 nitrogen and oxygen atoms in total. The van der Waals surface area contributed by atoms with E-state index >= 15 is 0 Å². The minimum atomic E-state index is -3.27. The Balaban J connectivity index is -0.000000548. The number of ketones is 10. The molecule has 5 aromatic rings. The van der Waals surface area contributed by atoms with Gasteiger partial charge < -0.3 is 28.3 Å². The number of sulfone groups is 1. The smallest absolute Gasteiger partial charge is 0.303 e. The van der Waals surface area contributed by atoms with E-state index in [2.05, 4.69) is 9.15 Å². The minimum absolute atomic E-state index is 0.0405. The summed E-state index contributed by atoms with van der Waals surface area (Å²) in [6, 6.07) is 26.8. The Morgan fingerprint density at radius 2 is 1.03 bits per heavy atom. The minimum Gasteiger partial charge on any atom is -0.472 e. The number of ether oxygens (including phenoxy) is 2. The lowest BCUT2D eigenvalue weighted by atomic mass is 9.48. The average molecular weight is 1580 g/mol. The highest BCUT2D eigenvalue weighted by Crippen LogP contribution is 2.61. The molecule has 0 amide bonds. The summed E-state index contributed by atoms with van der Waals surface area (Å²) in [4.78, 5) is 125. The molecule has 0 aliphatic heterocycles. The van der Waals surface area contributed by atoms with Gasteiger partial charge in [-0.3, -0.25) is 43.2 Å². The van der Waals surface area contributed by atoms with Gasteiger partial charge in [0.1, 0.15) is 52.3 Å². The molecule has 5 aliphatic rings. The average Bonchev–Trinajstić information content (AvgIpc) is 0.862. The predicted molar refractivity (Wildman–Crippen MR) is 439 cm³/mol. The van der Waals surface area contributed by atoms with E-state index in [0.717, 1.165) is 66.4 Å². The summed E-state index contributed by atoms with van der Waals surface area (Å²) in [6.45, 7) is 41.8. The van der Waals surface area contributed by atoms with E-state index in [1.807, 2.05) is 147 Å². The number of Topliss-reactive ketones (excluding diaryl/α,β-unsaturated/α-hetero) is 10. The fraction of sp³-hybridized carbons (Fsp3) is 0.563. The van der Waals surface area contributed by atoms with Gasteiger partial charge in [-0.15, -0.1) is 0 Å². The van der Waals surface area contributed by atoms with Gasteiger partial charge in [0.15, 0.2) is 27.2 Å². The molecule has 0 spiro atoms. The molecule has 606 valence electrons. The lowest BCUT2D eigenvalue weighted by Crippen LogP contribution is -2.46. The summed E-state index contributed by atoms with van der Waals surface area (Å²) in [5, 5.41) is 4.31. The second kappa shape index (κ2) is 57.8. The second-order valence-corrected chi connectivity index (χ2v) is 34.0. The van der Waals surface area contributed by atoms with Gasteiger partial charge in [0, 0.05) is 78.1 Å². The van der Waals surface area contributed by atoms with Crippen molar-refractivity contribution in [2.75, 3.05) is 12.9 Å². The van der Waals surface area contributed by atoms with E-state index in [4.69, 9.17) is 27.9 Å². The van der Waals surface area contributed by atoms with Crippen LogP contribution in [-0.2, 0) is 68.9 Å². The molecule has 0 radical (unpaired) electrons. The van der Waals surface area contributed by atoms with Crippen LogP contribution in [0.2, 0.25) is 10.0 Å². The molecular formula is C87H130Cl2O17S2. The summed E-state index contributed by atoms with van der Waals surface area (Å²) in [5.74, 6) is 5.98. The molecular weight excluding hydrogens is 1450 g/mol. The number of furan rings is 1. The number of carbonyl (C=O) groups is 12. The van der Waals surface area contributed by atoms with Crippen molar-refractivity contribution >= 4 is 114 Å². The molecule has 5 saturated carbocycles. The molecule has 2 aromatic heterocycles. The lowest BCUT2D eigenvalue weighted by Gasteiger charge is -2.56. The molecule has 3 aromatic carbocycles. The van der Waals surface area contributed by atoms with Crippen molar-refractivity contribution in [2.45, 2.75) is 267 Å². The van der Waals surface area contributed by atoms with Crippen molar-refractivity contribution in [2.24, 2.45) is 46.3 Å². The Bertz CT molecular complexity index is 3470. The Morgan fingerprint density at radius 3 is 1.25 bits per heavy atom. The van der Waals surface area contributed by atoms with Crippen LogP contribution >= 0.6 is 34.5 Å². The van der Waals surface area contributed by atoms with E-state index in [1.165, 1.54) is 117 Å². The number of carbonyl (C=O) groups excluding carboxylic acids is 12. The second-order valence-electron chi connectivity index (χ2n) is 30.4. The number of halogens is 2. The normalized spacial score (nSPS) is 15.9. The van der Waals surface area contributed by atoms with Crippen LogP contribution < -0.4 is 0 Å². The fourth-order valence-electron chi connectivity index (χ4n) is 11.0. The molecule has 0 unspecified atom stereocenters. The van der Waals surface area contributed by atoms with Gasteiger partial charge in [0.25, 0.3) is 0 Å². The summed E-state index contributed by atoms with van der Waals surface area (Å²) >= 11 is 12.8. The van der Waals surface area contributed by atoms with Crippen LogP contribution in [0.15, 0.2) is 124 Å². The van der Waals surface area contributed by atoms with Crippen molar-refractivity contribution in [3.05, 3.63) is 147 Å². The Labute approximate surface area is 662 Å². The number of hydrogen-bond acceptors (Lipinski definition) is 18. The predicted octanol–water partition coefficient (Wildman–Crippen LogP) is 21.9. The maximum Gasteiger partial charge on any atom is 0.303 e. The standard InChI is InChI=1S/C13H20O.C9H10O.C8H14O.C8H8O.C7H6Cl2O2S.C6H6O2.C6H12O2.C6H6OS.2C6H12O.C5H10O.C4H8O2.C3H6O/c1-9(14)5-13-6-10-2-11(7-13)4-12(3-10)8-13;1-8(10)7-9-5-3-2-4-6-9;2*1-7(9)8-5-3-2-4-6-8;1-12(10,11)7-4-5(8)2-3-6(7)9;1-5(7)6-2-3-8-4-6;1-5(7)8-6(2,3)4;1-5(7)6-2-3-8-4-6;1-5(7)6(2,3)4;1-5(2)4-6(3)7;1-4(2)5(3)6;1-3-6-4(2)5;1-3(2)4/h10-12H,2-8H2,1H3;2-6H,7H2,1H3;8H,2-6H2,1H3;2-6H,1H3;2-4H,1H3;2-4H,1H3;1-4H3;2-4H,1H3;1-4H3;5H,4H2,1-3H3;4H,1-3H3;3H2,1-2H3;1-2H3. The van der Waals surface area contributed by atoms with Crippen LogP contribution in [0.4, 0.5) is 0 Å². The van der Waals surface area contributed by atoms with Gasteiger partial charge in [0.2, 0.25) is 0 Å².